The first-order chi connectivity index (χ1) is 8.59. The number of nitrogens with zero attached hydrogens (tertiary/aromatic N) is 1. The maximum absolute atomic E-state index is 13.2. The molecule has 0 atom stereocenters. The Kier molecular flexibility index (Phi) is 3.94. The SMILES string of the molecule is O=C(Cc1cccc(F)c1Cl)c1ncccc1Cl. The van der Waals surface area contributed by atoms with Crippen LogP contribution in [0.25, 0.3) is 0 Å². The van der Waals surface area contributed by atoms with Crippen molar-refractivity contribution in [1.82, 2.24) is 4.98 Å². The largest absolute Gasteiger partial charge is 0.292 e. The number of benzene rings is 1. The number of Topliss-reactive ketones (excluding diaryl/α,β-unsaturated/α-hetero) is 1. The summed E-state index contributed by atoms with van der Waals surface area (Å²) >= 11 is 11.6. The van der Waals surface area contributed by atoms with Gasteiger partial charge in [-0.3, -0.25) is 9.78 Å². The first-order valence-electron chi connectivity index (χ1n) is 5.16. The minimum absolute atomic E-state index is 0.0344. The van der Waals surface area contributed by atoms with Crippen LogP contribution in [0.2, 0.25) is 10.0 Å². The standard InChI is InChI=1S/C13H8Cl2FNO/c14-9-4-2-6-17-13(9)11(18)7-8-3-1-5-10(16)12(8)15/h1-6H,7H2. The van der Waals surface area contributed by atoms with Crippen LogP contribution in [0.1, 0.15) is 16.1 Å². The van der Waals surface area contributed by atoms with Crippen LogP contribution in [-0.4, -0.2) is 10.8 Å². The van der Waals surface area contributed by atoms with E-state index in [0.717, 1.165) is 0 Å². The zero-order valence-electron chi connectivity index (χ0n) is 9.16. The highest BCUT2D eigenvalue weighted by molar-refractivity contribution is 6.34. The molecule has 0 fully saturated rings. The molecule has 0 aliphatic heterocycles. The normalized spacial score (nSPS) is 10.4. The fraction of sp³-hybridized carbons (Fsp3) is 0.0769. The van der Waals surface area contributed by atoms with Gasteiger partial charge in [0.25, 0.3) is 0 Å². The monoisotopic (exact) mass is 283 g/mol. The molecule has 1 aromatic carbocycles. The van der Waals surface area contributed by atoms with Gasteiger partial charge in [0.15, 0.2) is 5.78 Å². The van der Waals surface area contributed by atoms with E-state index < -0.39 is 5.82 Å². The van der Waals surface area contributed by atoms with Crippen molar-refractivity contribution in [3.05, 3.63) is 63.6 Å². The molecule has 0 amide bonds. The number of rotatable bonds is 3. The van der Waals surface area contributed by atoms with E-state index in [9.17, 15) is 9.18 Å². The molecule has 2 aromatic rings. The predicted molar refractivity (Wildman–Crippen MR) is 68.7 cm³/mol. The molecule has 5 heteroatoms. The van der Waals surface area contributed by atoms with Crippen molar-refractivity contribution in [1.29, 1.82) is 0 Å². The second-order valence-corrected chi connectivity index (χ2v) is 4.43. The second-order valence-electron chi connectivity index (χ2n) is 3.65. The Morgan fingerprint density at radius 3 is 2.72 bits per heavy atom. The minimum atomic E-state index is -0.547. The summed E-state index contributed by atoms with van der Waals surface area (Å²) in [6, 6.07) is 7.55. The summed E-state index contributed by atoms with van der Waals surface area (Å²) in [5, 5.41) is 0.230. The summed E-state index contributed by atoms with van der Waals surface area (Å²) < 4.78 is 13.2. The molecule has 92 valence electrons. The molecule has 18 heavy (non-hydrogen) atoms. The van der Waals surface area contributed by atoms with Crippen LogP contribution in [0.5, 0.6) is 0 Å². The Bertz CT molecular complexity index is 601. The van der Waals surface area contributed by atoms with Crippen LogP contribution < -0.4 is 0 Å². The van der Waals surface area contributed by atoms with Crippen molar-refractivity contribution in [3.63, 3.8) is 0 Å². The zero-order chi connectivity index (χ0) is 13.1. The average Bonchev–Trinajstić information content (AvgIpc) is 2.35. The quantitative estimate of drug-likeness (QED) is 0.799. The third-order valence-corrected chi connectivity index (χ3v) is 3.13. The fourth-order valence-electron chi connectivity index (χ4n) is 1.53. The van der Waals surface area contributed by atoms with Gasteiger partial charge in [-0.1, -0.05) is 35.3 Å². The van der Waals surface area contributed by atoms with Crippen molar-refractivity contribution in [2.45, 2.75) is 6.42 Å². The molecule has 0 saturated carbocycles. The number of hydrogen-bond donors (Lipinski definition) is 0. The highest BCUT2D eigenvalue weighted by Gasteiger charge is 2.15. The molecule has 2 rings (SSSR count). The first kappa shape index (κ1) is 13.0. The lowest BCUT2D eigenvalue weighted by atomic mass is 10.1. The molecule has 0 spiro atoms. The van der Waals surface area contributed by atoms with E-state index in [4.69, 9.17) is 23.2 Å². The van der Waals surface area contributed by atoms with Crippen LogP contribution in [0, 0.1) is 5.82 Å². The molecule has 0 N–H and O–H groups in total. The Morgan fingerprint density at radius 2 is 2.00 bits per heavy atom. The van der Waals surface area contributed by atoms with E-state index in [2.05, 4.69) is 4.98 Å². The van der Waals surface area contributed by atoms with Gasteiger partial charge in [0.2, 0.25) is 0 Å². The number of hydrogen-bond acceptors (Lipinski definition) is 2. The minimum Gasteiger partial charge on any atom is -0.292 e. The Labute approximate surface area is 113 Å². The van der Waals surface area contributed by atoms with Crippen molar-refractivity contribution in [3.8, 4) is 0 Å². The van der Waals surface area contributed by atoms with Gasteiger partial charge in [0.1, 0.15) is 11.5 Å². The molecular weight excluding hydrogens is 276 g/mol. The van der Waals surface area contributed by atoms with Gasteiger partial charge < -0.3 is 0 Å². The molecule has 1 aromatic heterocycles. The topological polar surface area (TPSA) is 30.0 Å². The van der Waals surface area contributed by atoms with Gasteiger partial charge in [-0.25, -0.2) is 4.39 Å². The van der Waals surface area contributed by atoms with Gasteiger partial charge in [0.05, 0.1) is 10.0 Å². The Balaban J connectivity index is 2.27. The molecular formula is C13H8Cl2FNO. The lowest BCUT2D eigenvalue weighted by Crippen LogP contribution is -2.07. The van der Waals surface area contributed by atoms with Crippen LogP contribution >= 0.6 is 23.2 Å². The molecule has 0 bridgehead atoms. The number of halogens is 3. The average molecular weight is 284 g/mol. The van der Waals surface area contributed by atoms with E-state index in [1.807, 2.05) is 0 Å². The van der Waals surface area contributed by atoms with Crippen LogP contribution in [0.15, 0.2) is 36.5 Å². The number of ketones is 1. The highest BCUT2D eigenvalue weighted by atomic mass is 35.5. The van der Waals surface area contributed by atoms with Gasteiger partial charge in [-0.15, -0.1) is 0 Å². The Morgan fingerprint density at radius 1 is 1.22 bits per heavy atom. The van der Waals surface area contributed by atoms with Crippen molar-refractivity contribution in [2.75, 3.05) is 0 Å². The maximum Gasteiger partial charge on any atom is 0.187 e. The second kappa shape index (κ2) is 5.46. The molecule has 1 heterocycles. The summed E-state index contributed by atoms with van der Waals surface area (Å²) in [5.74, 6) is -0.845. The van der Waals surface area contributed by atoms with E-state index in [-0.39, 0.29) is 27.9 Å². The van der Waals surface area contributed by atoms with Crippen molar-refractivity contribution in [2.24, 2.45) is 0 Å². The zero-order valence-corrected chi connectivity index (χ0v) is 10.7. The third-order valence-electron chi connectivity index (χ3n) is 2.41. The summed E-state index contributed by atoms with van der Waals surface area (Å²) in [6.45, 7) is 0. The van der Waals surface area contributed by atoms with E-state index in [0.29, 0.717) is 5.56 Å². The van der Waals surface area contributed by atoms with Crippen LogP contribution in [-0.2, 0) is 6.42 Å². The lowest BCUT2D eigenvalue weighted by Gasteiger charge is -2.05. The molecule has 0 radical (unpaired) electrons. The highest BCUT2D eigenvalue weighted by Crippen LogP contribution is 2.22. The van der Waals surface area contributed by atoms with Gasteiger partial charge in [-0.05, 0) is 23.8 Å². The summed E-state index contributed by atoms with van der Waals surface area (Å²) in [7, 11) is 0. The number of aromatic nitrogens is 1. The number of pyridine rings is 1. The number of carbonyl (C=O) groups excluding carboxylic acids is 1. The predicted octanol–water partition coefficient (Wildman–Crippen LogP) is 3.95. The number of carbonyl (C=O) groups is 1. The van der Waals surface area contributed by atoms with Gasteiger partial charge in [0, 0.05) is 12.6 Å². The van der Waals surface area contributed by atoms with Crippen molar-refractivity contribution >= 4 is 29.0 Å². The van der Waals surface area contributed by atoms with Crippen LogP contribution in [0.4, 0.5) is 4.39 Å². The first-order valence-corrected chi connectivity index (χ1v) is 5.92. The molecule has 2 nitrogen and oxygen atoms in total. The maximum atomic E-state index is 13.2. The smallest absolute Gasteiger partial charge is 0.187 e. The van der Waals surface area contributed by atoms with Gasteiger partial charge in [-0.2, -0.15) is 0 Å². The fourth-order valence-corrected chi connectivity index (χ4v) is 1.95. The molecule has 0 saturated heterocycles. The van der Waals surface area contributed by atoms with Crippen molar-refractivity contribution < 1.29 is 9.18 Å². The molecule has 0 aliphatic carbocycles. The van der Waals surface area contributed by atoms with E-state index >= 15 is 0 Å². The molecule has 0 unspecified atom stereocenters. The van der Waals surface area contributed by atoms with E-state index in [1.54, 1.807) is 18.2 Å². The lowest BCUT2D eigenvalue weighted by molar-refractivity contribution is 0.0988. The summed E-state index contributed by atoms with van der Waals surface area (Å²) in [5.41, 5.74) is 0.586. The Hall–Kier alpha value is -1.45. The van der Waals surface area contributed by atoms with Crippen LogP contribution in [0.3, 0.4) is 0 Å². The third kappa shape index (κ3) is 2.68. The molecule has 0 aliphatic rings. The van der Waals surface area contributed by atoms with Gasteiger partial charge >= 0.3 is 0 Å². The van der Waals surface area contributed by atoms with E-state index in [1.165, 1.54) is 18.3 Å². The summed E-state index contributed by atoms with van der Waals surface area (Å²) in [4.78, 5) is 15.9. The summed E-state index contributed by atoms with van der Waals surface area (Å²) in [6.07, 6.45) is 1.44.